The molecule has 1 aromatic heterocycles. The quantitative estimate of drug-likeness (QED) is 0.826. The van der Waals surface area contributed by atoms with Gasteiger partial charge in [0, 0.05) is 26.2 Å². The zero-order valence-corrected chi connectivity index (χ0v) is 11.3. The van der Waals surface area contributed by atoms with Gasteiger partial charge in [-0.1, -0.05) is 0 Å². The van der Waals surface area contributed by atoms with Crippen LogP contribution in [0.4, 0.5) is 11.9 Å². The Labute approximate surface area is 107 Å². The lowest BCUT2D eigenvalue weighted by molar-refractivity contribution is 0.721. The van der Waals surface area contributed by atoms with E-state index in [1.54, 1.807) is 0 Å². The number of nitrogens with zero attached hydrogens (tertiary/aromatic N) is 5. The SMILES string of the molecule is CC(C)N(C)c1nc(Cl)nc(N2CCCC2)n1. The molecule has 1 fully saturated rings. The summed E-state index contributed by atoms with van der Waals surface area (Å²) in [5, 5.41) is 0.268. The molecule has 0 amide bonds. The standard InChI is InChI=1S/C11H18ClN5/c1-8(2)16(3)10-13-9(12)14-11(15-10)17-6-4-5-7-17/h8H,4-7H2,1-3H3. The second-order valence-electron chi connectivity index (χ2n) is 4.60. The molecule has 2 rings (SSSR count). The fourth-order valence-electron chi connectivity index (χ4n) is 1.78. The smallest absolute Gasteiger partial charge is 0.231 e. The first-order valence-corrected chi connectivity index (χ1v) is 6.35. The Balaban J connectivity index is 2.28. The van der Waals surface area contributed by atoms with Crippen LogP contribution in [0.2, 0.25) is 5.28 Å². The van der Waals surface area contributed by atoms with E-state index in [2.05, 4.69) is 33.7 Å². The second-order valence-corrected chi connectivity index (χ2v) is 4.94. The van der Waals surface area contributed by atoms with E-state index in [-0.39, 0.29) is 5.28 Å². The topological polar surface area (TPSA) is 45.2 Å². The molecule has 94 valence electrons. The fourth-order valence-corrected chi connectivity index (χ4v) is 1.93. The number of halogens is 1. The van der Waals surface area contributed by atoms with Crippen LogP contribution in [-0.4, -0.2) is 41.1 Å². The van der Waals surface area contributed by atoms with Crippen LogP contribution in [0.3, 0.4) is 0 Å². The molecule has 0 bridgehead atoms. The van der Waals surface area contributed by atoms with Crippen molar-refractivity contribution in [2.24, 2.45) is 0 Å². The van der Waals surface area contributed by atoms with Gasteiger partial charge in [0.05, 0.1) is 0 Å². The maximum absolute atomic E-state index is 5.96. The summed E-state index contributed by atoms with van der Waals surface area (Å²) >= 11 is 5.96. The van der Waals surface area contributed by atoms with Crippen LogP contribution in [0.15, 0.2) is 0 Å². The third-order valence-corrected chi connectivity index (χ3v) is 3.23. The summed E-state index contributed by atoms with van der Waals surface area (Å²) in [6, 6.07) is 0.333. The highest BCUT2D eigenvalue weighted by molar-refractivity contribution is 6.28. The molecule has 0 unspecified atom stereocenters. The Bertz CT molecular complexity index is 369. The molecule has 1 aliphatic heterocycles. The Hall–Kier alpha value is -1.10. The largest absolute Gasteiger partial charge is 0.341 e. The van der Waals surface area contributed by atoms with Gasteiger partial charge in [0.2, 0.25) is 17.2 Å². The normalized spacial score (nSPS) is 15.7. The maximum atomic E-state index is 5.96. The zero-order chi connectivity index (χ0) is 12.4. The first kappa shape index (κ1) is 12.4. The molecule has 5 nitrogen and oxygen atoms in total. The lowest BCUT2D eigenvalue weighted by Gasteiger charge is -2.23. The Morgan fingerprint density at radius 3 is 2.41 bits per heavy atom. The van der Waals surface area contributed by atoms with E-state index >= 15 is 0 Å². The monoisotopic (exact) mass is 255 g/mol. The first-order valence-electron chi connectivity index (χ1n) is 5.97. The van der Waals surface area contributed by atoms with Gasteiger partial charge >= 0.3 is 0 Å². The number of rotatable bonds is 3. The summed E-state index contributed by atoms with van der Waals surface area (Å²) in [5.74, 6) is 1.34. The average molecular weight is 256 g/mol. The molecular weight excluding hydrogens is 238 g/mol. The molecule has 0 saturated carbocycles. The van der Waals surface area contributed by atoms with Gasteiger partial charge in [-0.2, -0.15) is 15.0 Å². The highest BCUT2D eigenvalue weighted by Gasteiger charge is 2.18. The number of aromatic nitrogens is 3. The summed E-state index contributed by atoms with van der Waals surface area (Å²) in [7, 11) is 1.96. The summed E-state index contributed by atoms with van der Waals surface area (Å²) in [5.41, 5.74) is 0. The van der Waals surface area contributed by atoms with E-state index in [9.17, 15) is 0 Å². The number of hydrogen-bond acceptors (Lipinski definition) is 5. The van der Waals surface area contributed by atoms with Crippen molar-refractivity contribution in [3.63, 3.8) is 0 Å². The van der Waals surface area contributed by atoms with E-state index in [0.717, 1.165) is 13.1 Å². The molecule has 0 atom stereocenters. The third kappa shape index (κ3) is 2.77. The summed E-state index contributed by atoms with van der Waals surface area (Å²) in [6.45, 7) is 6.19. The van der Waals surface area contributed by atoms with Crippen LogP contribution in [0.25, 0.3) is 0 Å². The van der Waals surface area contributed by atoms with Crippen molar-refractivity contribution < 1.29 is 0 Å². The zero-order valence-electron chi connectivity index (χ0n) is 10.5. The van der Waals surface area contributed by atoms with E-state index in [1.807, 2.05) is 11.9 Å². The fraction of sp³-hybridized carbons (Fsp3) is 0.727. The Morgan fingerprint density at radius 1 is 1.18 bits per heavy atom. The van der Waals surface area contributed by atoms with Gasteiger partial charge < -0.3 is 9.80 Å². The van der Waals surface area contributed by atoms with Crippen LogP contribution >= 0.6 is 11.6 Å². The van der Waals surface area contributed by atoms with E-state index < -0.39 is 0 Å². The van der Waals surface area contributed by atoms with Crippen LogP contribution in [0, 0.1) is 0 Å². The minimum absolute atomic E-state index is 0.268. The van der Waals surface area contributed by atoms with Crippen molar-refractivity contribution in [2.45, 2.75) is 32.7 Å². The van der Waals surface area contributed by atoms with Crippen molar-refractivity contribution in [3.8, 4) is 0 Å². The van der Waals surface area contributed by atoms with Gasteiger partial charge in [0.25, 0.3) is 0 Å². The predicted molar refractivity (Wildman–Crippen MR) is 69.8 cm³/mol. The van der Waals surface area contributed by atoms with Crippen LogP contribution < -0.4 is 9.80 Å². The highest BCUT2D eigenvalue weighted by atomic mass is 35.5. The van der Waals surface area contributed by atoms with Crippen molar-refractivity contribution >= 4 is 23.5 Å². The number of hydrogen-bond donors (Lipinski definition) is 0. The van der Waals surface area contributed by atoms with Gasteiger partial charge in [-0.25, -0.2) is 0 Å². The minimum atomic E-state index is 0.268. The van der Waals surface area contributed by atoms with Crippen LogP contribution in [0.5, 0.6) is 0 Å². The molecular formula is C11H18ClN5. The van der Waals surface area contributed by atoms with Gasteiger partial charge in [0.15, 0.2) is 0 Å². The molecule has 0 spiro atoms. The van der Waals surface area contributed by atoms with Crippen LogP contribution in [-0.2, 0) is 0 Å². The molecule has 0 radical (unpaired) electrons. The average Bonchev–Trinajstić information content (AvgIpc) is 2.80. The maximum Gasteiger partial charge on any atom is 0.231 e. The van der Waals surface area contributed by atoms with Crippen LogP contribution in [0.1, 0.15) is 26.7 Å². The molecule has 1 aliphatic rings. The number of anilines is 2. The molecule has 0 N–H and O–H groups in total. The van der Waals surface area contributed by atoms with E-state index in [0.29, 0.717) is 17.9 Å². The molecule has 1 saturated heterocycles. The third-order valence-electron chi connectivity index (χ3n) is 3.06. The molecule has 0 aliphatic carbocycles. The second kappa shape index (κ2) is 5.04. The van der Waals surface area contributed by atoms with Gasteiger partial charge in [-0.05, 0) is 38.3 Å². The lowest BCUT2D eigenvalue weighted by atomic mass is 10.4. The molecule has 0 aromatic carbocycles. The first-order chi connectivity index (χ1) is 8.08. The Morgan fingerprint density at radius 2 is 1.82 bits per heavy atom. The Kier molecular flexibility index (Phi) is 3.66. The summed E-state index contributed by atoms with van der Waals surface area (Å²) < 4.78 is 0. The van der Waals surface area contributed by atoms with E-state index in [4.69, 9.17) is 11.6 Å². The molecule has 17 heavy (non-hydrogen) atoms. The van der Waals surface area contributed by atoms with Crippen molar-refractivity contribution in [2.75, 3.05) is 29.9 Å². The summed E-state index contributed by atoms with van der Waals surface area (Å²) in [4.78, 5) is 17.0. The lowest BCUT2D eigenvalue weighted by Crippen LogP contribution is -2.29. The molecule has 2 heterocycles. The molecule has 6 heteroatoms. The van der Waals surface area contributed by atoms with E-state index in [1.165, 1.54) is 12.8 Å². The van der Waals surface area contributed by atoms with Crippen molar-refractivity contribution in [1.82, 2.24) is 15.0 Å². The highest BCUT2D eigenvalue weighted by Crippen LogP contribution is 2.20. The minimum Gasteiger partial charge on any atom is -0.341 e. The summed E-state index contributed by atoms with van der Waals surface area (Å²) in [6.07, 6.45) is 2.39. The van der Waals surface area contributed by atoms with Gasteiger partial charge in [-0.3, -0.25) is 0 Å². The van der Waals surface area contributed by atoms with Crippen molar-refractivity contribution in [3.05, 3.63) is 5.28 Å². The van der Waals surface area contributed by atoms with Gasteiger partial charge in [0.1, 0.15) is 0 Å². The van der Waals surface area contributed by atoms with Crippen molar-refractivity contribution in [1.29, 1.82) is 0 Å². The molecule has 1 aromatic rings. The van der Waals surface area contributed by atoms with Gasteiger partial charge in [-0.15, -0.1) is 0 Å². The predicted octanol–water partition coefficient (Wildman–Crippen LogP) is 1.97.